The maximum atomic E-state index is 12.7. The lowest BCUT2D eigenvalue weighted by atomic mass is 10.3. The Morgan fingerprint density at radius 2 is 2.26 bits per heavy atom. The lowest BCUT2D eigenvalue weighted by molar-refractivity contribution is 0.146. The van der Waals surface area contributed by atoms with E-state index in [1.54, 1.807) is 31.4 Å². The Bertz CT molecular complexity index is 589. The van der Waals surface area contributed by atoms with Crippen molar-refractivity contribution in [2.45, 2.75) is 6.43 Å². The molecule has 0 radical (unpaired) electrons. The fourth-order valence-electron chi connectivity index (χ4n) is 1.39. The van der Waals surface area contributed by atoms with Crippen LogP contribution >= 0.6 is 23.8 Å². The zero-order chi connectivity index (χ0) is 13.8. The Morgan fingerprint density at radius 3 is 2.95 bits per heavy atom. The fourth-order valence-corrected chi connectivity index (χ4v) is 2.29. The lowest BCUT2D eigenvalue weighted by Gasteiger charge is -2.08. The molecule has 1 aromatic heterocycles. The van der Waals surface area contributed by atoms with Crippen LogP contribution in [0.1, 0.15) is 17.0 Å². The van der Waals surface area contributed by atoms with Crippen LogP contribution < -0.4 is 10.1 Å². The number of hydrogen-bond acceptors (Lipinski definition) is 5. The summed E-state index contributed by atoms with van der Waals surface area (Å²) in [6, 6.07) is 7.00. The zero-order valence-electron chi connectivity index (χ0n) is 9.76. The van der Waals surface area contributed by atoms with Gasteiger partial charge in [0.1, 0.15) is 15.6 Å². The van der Waals surface area contributed by atoms with E-state index in [2.05, 4.69) is 14.9 Å². The van der Waals surface area contributed by atoms with Crippen molar-refractivity contribution in [3.05, 3.63) is 34.8 Å². The lowest BCUT2D eigenvalue weighted by Crippen LogP contribution is -2.11. The van der Waals surface area contributed by atoms with Crippen LogP contribution in [-0.4, -0.2) is 21.7 Å². The first-order chi connectivity index (χ1) is 9.11. The summed E-state index contributed by atoms with van der Waals surface area (Å²) in [4.78, 5) is 0.339. The van der Waals surface area contributed by atoms with Crippen LogP contribution in [0, 0.1) is 0 Å². The van der Waals surface area contributed by atoms with Crippen LogP contribution in [0.5, 0.6) is 5.75 Å². The number of ether oxygens (including phenoxy) is 1. The molecule has 2 rings (SSSR count). The average Bonchev–Trinajstić information content (AvgIpc) is 2.88. The number of nitrogens with zero attached hydrogens (tertiary/aromatic N) is 2. The third-order valence-corrected chi connectivity index (χ3v) is 3.45. The van der Waals surface area contributed by atoms with Gasteiger partial charge in [-0.15, -0.1) is 5.10 Å². The van der Waals surface area contributed by atoms with Crippen LogP contribution in [0.25, 0.3) is 0 Å². The molecule has 0 atom stereocenters. The summed E-state index contributed by atoms with van der Waals surface area (Å²) in [5, 5.41) is 6.24. The molecule has 0 amide bonds. The molecule has 100 valence electrons. The number of hydrogen-bond donors (Lipinski definition) is 1. The first kappa shape index (κ1) is 13.8. The second kappa shape index (κ2) is 5.98. The highest BCUT2D eigenvalue weighted by Gasteiger charge is 2.20. The van der Waals surface area contributed by atoms with E-state index < -0.39 is 12.1 Å². The number of alkyl halides is 2. The van der Waals surface area contributed by atoms with Gasteiger partial charge in [-0.25, -0.2) is 8.78 Å². The van der Waals surface area contributed by atoms with Gasteiger partial charge in [0.2, 0.25) is 0 Å². The molecular weight excluding hydrogens is 292 g/mol. The molecule has 8 heteroatoms. The number of aromatic nitrogens is 2. The molecule has 0 spiro atoms. The van der Waals surface area contributed by atoms with Crippen LogP contribution in [0.2, 0.25) is 0 Å². The Labute approximate surface area is 117 Å². The van der Waals surface area contributed by atoms with Crippen molar-refractivity contribution in [2.75, 3.05) is 12.4 Å². The molecule has 0 saturated heterocycles. The monoisotopic (exact) mass is 301 g/mol. The van der Waals surface area contributed by atoms with Crippen molar-refractivity contribution in [3.63, 3.8) is 0 Å². The summed E-state index contributed by atoms with van der Waals surface area (Å²) in [5.74, 6) is 0.643. The molecule has 2 aromatic rings. The molecule has 0 unspecified atom stereocenters. The maximum Gasteiger partial charge on any atom is 0.283 e. The number of rotatable bonds is 4. The first-order valence-electron chi connectivity index (χ1n) is 5.17. The predicted molar refractivity (Wildman–Crippen MR) is 73.2 cm³/mol. The smallest absolute Gasteiger partial charge is 0.283 e. The molecule has 1 heterocycles. The average molecular weight is 301 g/mol. The largest absolute Gasteiger partial charge is 0.497 e. The Morgan fingerprint density at radius 1 is 1.47 bits per heavy atom. The number of benzene rings is 1. The van der Waals surface area contributed by atoms with Gasteiger partial charge < -0.3 is 10.1 Å². The normalized spacial score (nSPS) is 10.5. The standard InChI is InChI=1S/C11H9F2N3OS2/c1-17-7-4-2-3-6(5-7)14-11(18)9-8(10(12)13)15-16-19-9/h2-5,10H,1H3,(H,14,18). The quantitative estimate of drug-likeness (QED) is 0.878. The summed E-state index contributed by atoms with van der Waals surface area (Å²) in [7, 11) is 1.54. The van der Waals surface area contributed by atoms with Gasteiger partial charge in [-0.3, -0.25) is 0 Å². The van der Waals surface area contributed by atoms with Gasteiger partial charge in [-0.2, -0.15) is 0 Å². The Balaban J connectivity index is 2.18. The third-order valence-electron chi connectivity index (χ3n) is 2.25. The summed E-state index contributed by atoms with van der Waals surface area (Å²) in [5.41, 5.74) is 0.253. The first-order valence-corrected chi connectivity index (χ1v) is 6.35. The number of methoxy groups -OCH3 is 1. The van der Waals surface area contributed by atoms with Crippen molar-refractivity contribution in [3.8, 4) is 5.75 Å². The van der Waals surface area contributed by atoms with Gasteiger partial charge in [-0.1, -0.05) is 22.8 Å². The molecule has 0 saturated carbocycles. The van der Waals surface area contributed by atoms with Gasteiger partial charge in [0.25, 0.3) is 6.43 Å². The molecule has 0 aliphatic rings. The van der Waals surface area contributed by atoms with E-state index in [9.17, 15) is 8.78 Å². The molecular formula is C11H9F2N3OS2. The fraction of sp³-hybridized carbons (Fsp3) is 0.182. The second-order valence-corrected chi connectivity index (χ2v) is 4.64. The number of thiocarbonyl (C=S) groups is 1. The predicted octanol–water partition coefficient (Wildman–Crippen LogP) is 3.27. The van der Waals surface area contributed by atoms with Crippen molar-refractivity contribution >= 4 is 34.4 Å². The minimum atomic E-state index is -2.70. The van der Waals surface area contributed by atoms with Crippen LogP contribution in [0.4, 0.5) is 14.5 Å². The zero-order valence-corrected chi connectivity index (χ0v) is 11.4. The second-order valence-electron chi connectivity index (χ2n) is 3.47. The summed E-state index contributed by atoms with van der Waals surface area (Å²) >= 11 is 5.93. The molecule has 1 N–H and O–H groups in total. The van der Waals surface area contributed by atoms with Crippen LogP contribution in [0.3, 0.4) is 0 Å². The number of halogens is 2. The van der Waals surface area contributed by atoms with E-state index in [0.29, 0.717) is 11.4 Å². The summed E-state index contributed by atoms with van der Waals surface area (Å²) in [6.45, 7) is 0. The van der Waals surface area contributed by atoms with Gasteiger partial charge in [0.05, 0.1) is 7.11 Å². The van der Waals surface area contributed by atoms with Gasteiger partial charge >= 0.3 is 0 Å². The minimum Gasteiger partial charge on any atom is -0.497 e. The molecule has 0 bridgehead atoms. The van der Waals surface area contributed by atoms with E-state index >= 15 is 0 Å². The highest BCUT2D eigenvalue weighted by Crippen LogP contribution is 2.25. The van der Waals surface area contributed by atoms with Gasteiger partial charge in [-0.05, 0) is 23.7 Å². The number of nitrogens with one attached hydrogen (secondary N) is 1. The van der Waals surface area contributed by atoms with Crippen molar-refractivity contribution in [2.24, 2.45) is 0 Å². The molecule has 0 aliphatic carbocycles. The molecule has 1 aromatic carbocycles. The Kier molecular flexibility index (Phi) is 4.33. The van der Waals surface area contributed by atoms with Crippen molar-refractivity contribution in [1.29, 1.82) is 0 Å². The molecule has 4 nitrogen and oxygen atoms in total. The molecule has 0 aliphatic heterocycles. The van der Waals surface area contributed by atoms with E-state index in [1.807, 2.05) is 0 Å². The van der Waals surface area contributed by atoms with Gasteiger partial charge in [0.15, 0.2) is 5.69 Å². The van der Waals surface area contributed by atoms with Crippen LogP contribution in [0.15, 0.2) is 24.3 Å². The summed E-state index contributed by atoms with van der Waals surface area (Å²) in [6.07, 6.45) is -2.70. The third kappa shape index (κ3) is 3.21. The Hall–Kier alpha value is -1.67. The SMILES string of the molecule is COc1cccc(NC(=S)c2snnc2C(F)F)c1. The van der Waals surface area contributed by atoms with E-state index in [0.717, 1.165) is 11.5 Å². The van der Waals surface area contributed by atoms with E-state index in [-0.39, 0.29) is 9.87 Å². The van der Waals surface area contributed by atoms with Crippen molar-refractivity contribution in [1.82, 2.24) is 9.59 Å². The highest BCUT2D eigenvalue weighted by atomic mass is 32.1. The van der Waals surface area contributed by atoms with Gasteiger partial charge in [0, 0.05) is 11.8 Å². The minimum absolute atomic E-state index is 0.165. The maximum absolute atomic E-state index is 12.7. The summed E-state index contributed by atoms with van der Waals surface area (Å²) < 4.78 is 33.9. The van der Waals surface area contributed by atoms with E-state index in [4.69, 9.17) is 17.0 Å². The molecule has 19 heavy (non-hydrogen) atoms. The molecule has 0 fully saturated rings. The van der Waals surface area contributed by atoms with E-state index in [1.165, 1.54) is 0 Å². The van der Waals surface area contributed by atoms with Crippen LogP contribution in [-0.2, 0) is 0 Å². The topological polar surface area (TPSA) is 47.0 Å². The van der Waals surface area contributed by atoms with Crippen molar-refractivity contribution < 1.29 is 13.5 Å². The highest BCUT2D eigenvalue weighted by molar-refractivity contribution is 7.81. The number of anilines is 1.